The minimum atomic E-state index is 0. The summed E-state index contributed by atoms with van der Waals surface area (Å²) in [5, 5.41) is 0. The van der Waals surface area contributed by atoms with Gasteiger partial charge < -0.3 is 11.7 Å². The molecule has 0 spiro atoms. The van der Waals surface area contributed by atoms with Crippen LogP contribution in [0.4, 0.5) is 0 Å². The van der Waals surface area contributed by atoms with Gasteiger partial charge >= 0.3 is 0 Å². The largest absolute Gasteiger partial charge is 0.494 e. The zero-order valence-corrected chi connectivity index (χ0v) is 10.9. The molecular formula is C11H15OW-. The van der Waals surface area contributed by atoms with Gasteiger partial charge in [-0.3, -0.25) is 0 Å². The van der Waals surface area contributed by atoms with Crippen LogP contribution in [0.2, 0.25) is 0 Å². The molecule has 0 saturated heterocycles. The minimum Gasteiger partial charge on any atom is -0.494 e. The van der Waals surface area contributed by atoms with Crippen molar-refractivity contribution in [2.45, 2.75) is 19.8 Å². The van der Waals surface area contributed by atoms with E-state index in [2.05, 4.69) is 26.0 Å². The average Bonchev–Trinajstić information content (AvgIpc) is 2.15. The SMILES string of the molecule is [CH2-]Cc1ccc(OCCC)cc1.[W]. The van der Waals surface area contributed by atoms with Crippen molar-refractivity contribution in [1.82, 2.24) is 0 Å². The zero-order chi connectivity index (χ0) is 8.81. The van der Waals surface area contributed by atoms with Crippen LogP contribution in [0.1, 0.15) is 18.9 Å². The fourth-order valence-electron chi connectivity index (χ4n) is 0.972. The van der Waals surface area contributed by atoms with E-state index in [1.807, 2.05) is 12.1 Å². The summed E-state index contributed by atoms with van der Waals surface area (Å²) in [5.74, 6) is 0.953. The smallest absolute Gasteiger partial charge is 0.119 e. The van der Waals surface area contributed by atoms with E-state index in [9.17, 15) is 0 Å². The predicted octanol–water partition coefficient (Wildman–Crippen LogP) is 2.85. The van der Waals surface area contributed by atoms with Crippen molar-refractivity contribution < 1.29 is 25.8 Å². The number of hydrogen-bond acceptors (Lipinski definition) is 1. The Kier molecular flexibility index (Phi) is 6.98. The first-order valence-corrected chi connectivity index (χ1v) is 4.37. The summed E-state index contributed by atoms with van der Waals surface area (Å²) in [7, 11) is 0. The standard InChI is InChI=1S/C11H15O.W/c1-3-9-12-11-7-5-10(4-2)6-8-11;/h5-8H,2-4,9H2,1H3;/q-1;. The Labute approximate surface area is 94.8 Å². The van der Waals surface area contributed by atoms with Gasteiger partial charge in [0.1, 0.15) is 5.75 Å². The van der Waals surface area contributed by atoms with Gasteiger partial charge in [0.2, 0.25) is 0 Å². The second-order valence-corrected chi connectivity index (χ2v) is 2.74. The van der Waals surface area contributed by atoms with Crippen molar-refractivity contribution >= 4 is 0 Å². The summed E-state index contributed by atoms with van der Waals surface area (Å²) in [4.78, 5) is 0. The molecule has 0 heterocycles. The minimum absolute atomic E-state index is 0. The van der Waals surface area contributed by atoms with Crippen LogP contribution in [0.15, 0.2) is 24.3 Å². The van der Waals surface area contributed by atoms with Gasteiger partial charge in [-0.2, -0.15) is 6.42 Å². The molecule has 72 valence electrons. The molecule has 2 heteroatoms. The molecule has 0 aliphatic heterocycles. The van der Waals surface area contributed by atoms with Crippen molar-refractivity contribution in [1.29, 1.82) is 0 Å². The Morgan fingerprint density at radius 1 is 1.23 bits per heavy atom. The van der Waals surface area contributed by atoms with Crippen molar-refractivity contribution in [2.75, 3.05) is 6.61 Å². The van der Waals surface area contributed by atoms with Crippen LogP contribution < -0.4 is 4.74 Å². The molecule has 0 N–H and O–H groups in total. The van der Waals surface area contributed by atoms with Crippen LogP contribution in [-0.4, -0.2) is 6.61 Å². The monoisotopic (exact) mass is 347 g/mol. The van der Waals surface area contributed by atoms with E-state index in [1.54, 1.807) is 0 Å². The van der Waals surface area contributed by atoms with Crippen molar-refractivity contribution in [3.8, 4) is 5.75 Å². The fourth-order valence-corrected chi connectivity index (χ4v) is 0.972. The maximum Gasteiger partial charge on any atom is 0.119 e. The summed E-state index contributed by atoms with van der Waals surface area (Å²) < 4.78 is 5.43. The van der Waals surface area contributed by atoms with E-state index in [0.29, 0.717) is 0 Å². The molecule has 13 heavy (non-hydrogen) atoms. The number of benzene rings is 1. The topological polar surface area (TPSA) is 9.23 Å². The molecule has 1 aromatic rings. The second kappa shape index (κ2) is 7.14. The summed E-state index contributed by atoms with van der Waals surface area (Å²) >= 11 is 0. The van der Waals surface area contributed by atoms with Crippen molar-refractivity contribution in [3.63, 3.8) is 0 Å². The van der Waals surface area contributed by atoms with Gasteiger partial charge in [0, 0.05) is 21.1 Å². The van der Waals surface area contributed by atoms with Gasteiger partial charge in [0.15, 0.2) is 0 Å². The molecule has 0 atom stereocenters. The van der Waals surface area contributed by atoms with Crippen molar-refractivity contribution in [2.24, 2.45) is 0 Å². The van der Waals surface area contributed by atoms with Crippen LogP contribution in [-0.2, 0) is 27.5 Å². The molecule has 1 nitrogen and oxygen atoms in total. The van der Waals surface area contributed by atoms with Crippen LogP contribution in [0.25, 0.3) is 0 Å². The second-order valence-electron chi connectivity index (χ2n) is 2.74. The zero-order valence-electron chi connectivity index (χ0n) is 7.95. The third-order valence-electron chi connectivity index (χ3n) is 1.68. The third-order valence-corrected chi connectivity index (χ3v) is 1.68. The average molecular weight is 347 g/mol. The normalized spacial score (nSPS) is 9.08. The number of hydrogen-bond donors (Lipinski definition) is 0. The summed E-state index contributed by atoms with van der Waals surface area (Å²) in [5.41, 5.74) is 1.25. The van der Waals surface area contributed by atoms with E-state index < -0.39 is 0 Å². The first kappa shape index (κ1) is 12.7. The van der Waals surface area contributed by atoms with E-state index in [0.717, 1.165) is 25.2 Å². The van der Waals surface area contributed by atoms with E-state index in [-0.39, 0.29) is 21.1 Å². The summed E-state index contributed by atoms with van der Waals surface area (Å²) in [6.45, 7) is 6.70. The van der Waals surface area contributed by atoms with Gasteiger partial charge in [-0.1, -0.05) is 24.6 Å². The molecular weight excluding hydrogens is 332 g/mol. The Balaban J connectivity index is 0.00000144. The maximum atomic E-state index is 5.43. The first-order valence-electron chi connectivity index (χ1n) is 4.37. The molecule has 0 amide bonds. The molecule has 0 radical (unpaired) electrons. The fraction of sp³-hybridized carbons (Fsp3) is 0.364. The molecule has 0 aromatic heterocycles. The molecule has 1 rings (SSSR count). The summed E-state index contributed by atoms with van der Waals surface area (Å²) in [6.07, 6.45) is 1.89. The Hall–Kier alpha value is -0.292. The molecule has 0 bridgehead atoms. The van der Waals surface area contributed by atoms with E-state index in [1.165, 1.54) is 5.56 Å². The van der Waals surface area contributed by atoms with Crippen LogP contribution in [0.3, 0.4) is 0 Å². The van der Waals surface area contributed by atoms with Gasteiger partial charge in [-0.25, -0.2) is 0 Å². The number of ether oxygens (including phenoxy) is 1. The summed E-state index contributed by atoms with van der Waals surface area (Å²) in [6, 6.07) is 8.10. The molecule has 0 fully saturated rings. The Bertz CT molecular complexity index is 218. The molecule has 0 aliphatic carbocycles. The predicted molar refractivity (Wildman–Crippen MR) is 51.3 cm³/mol. The Morgan fingerprint density at radius 3 is 2.31 bits per heavy atom. The quantitative estimate of drug-likeness (QED) is 0.762. The Morgan fingerprint density at radius 2 is 1.85 bits per heavy atom. The van der Waals surface area contributed by atoms with Crippen LogP contribution in [0.5, 0.6) is 5.75 Å². The molecule has 0 aliphatic rings. The molecule has 1 aromatic carbocycles. The maximum absolute atomic E-state index is 5.43. The van der Waals surface area contributed by atoms with Crippen LogP contribution >= 0.6 is 0 Å². The van der Waals surface area contributed by atoms with Gasteiger partial charge in [-0.15, -0.1) is 0 Å². The van der Waals surface area contributed by atoms with E-state index in [4.69, 9.17) is 4.74 Å². The number of rotatable bonds is 4. The van der Waals surface area contributed by atoms with Gasteiger partial charge in [0.05, 0.1) is 6.61 Å². The first-order chi connectivity index (χ1) is 5.86. The third kappa shape index (κ3) is 4.47. The molecule has 0 saturated carbocycles. The van der Waals surface area contributed by atoms with Gasteiger partial charge in [-0.05, 0) is 18.6 Å². The van der Waals surface area contributed by atoms with Crippen LogP contribution in [0, 0.1) is 6.92 Å². The van der Waals surface area contributed by atoms with Crippen molar-refractivity contribution in [3.05, 3.63) is 36.8 Å². The van der Waals surface area contributed by atoms with Gasteiger partial charge in [0.25, 0.3) is 0 Å². The van der Waals surface area contributed by atoms with E-state index >= 15 is 0 Å². The molecule has 0 unspecified atom stereocenters.